The highest BCUT2D eigenvalue weighted by Gasteiger charge is 2.37. The summed E-state index contributed by atoms with van der Waals surface area (Å²) >= 11 is 0. The molecule has 0 aromatic heterocycles. The molecule has 3 nitrogen and oxygen atoms in total. The van der Waals surface area contributed by atoms with Gasteiger partial charge in [-0.3, -0.25) is 9.69 Å². The number of piperidine rings is 1. The van der Waals surface area contributed by atoms with Crippen LogP contribution in [0.5, 0.6) is 0 Å². The zero-order valence-corrected chi connectivity index (χ0v) is 43.2. The first-order valence-electron chi connectivity index (χ1n) is 30.2. The smallest absolute Gasteiger partial charge is 0.134 e. The molecule has 3 fully saturated rings. The molecular formula is C60H116N2O. The second kappa shape index (κ2) is 42.9. The zero-order chi connectivity index (χ0) is 44.2. The van der Waals surface area contributed by atoms with E-state index in [9.17, 15) is 4.79 Å². The minimum atomic E-state index is 0.507. The number of likely N-dealkylation sites (tertiary alicyclic amines) is 1. The number of nitrogens with zero attached hydrogens (tertiary/aromatic N) is 1. The number of carbonyl (C=O) groups is 1. The van der Waals surface area contributed by atoms with Crippen molar-refractivity contribution >= 4 is 5.78 Å². The van der Waals surface area contributed by atoms with Gasteiger partial charge < -0.3 is 5.32 Å². The maximum atomic E-state index is 12.0. The van der Waals surface area contributed by atoms with Crippen LogP contribution in [0.1, 0.15) is 340 Å². The molecule has 2 aliphatic heterocycles. The number of ketones is 1. The molecule has 1 atom stereocenters. The summed E-state index contributed by atoms with van der Waals surface area (Å²) in [5.41, 5.74) is 0.535. The first-order chi connectivity index (χ1) is 31.3. The van der Waals surface area contributed by atoms with Crippen LogP contribution in [-0.2, 0) is 4.79 Å². The SMILES string of the molecule is O=C1CCC(N2CCC3(CCCCCCCCCCCCCCCCCCCCCCCCCCCCCCCCCCCCCCCCCCCCCCCCNCC3)CC2)C1. The third-order valence-corrected chi connectivity index (χ3v) is 16.7. The van der Waals surface area contributed by atoms with Crippen molar-refractivity contribution in [1.82, 2.24) is 10.2 Å². The highest BCUT2D eigenvalue weighted by Crippen LogP contribution is 2.41. The van der Waals surface area contributed by atoms with Gasteiger partial charge in [0.1, 0.15) is 5.78 Å². The highest BCUT2D eigenvalue weighted by atomic mass is 16.1. The van der Waals surface area contributed by atoms with Gasteiger partial charge in [0.2, 0.25) is 0 Å². The first-order valence-corrected chi connectivity index (χ1v) is 30.2. The van der Waals surface area contributed by atoms with E-state index in [4.69, 9.17) is 0 Å². The molecule has 2 saturated heterocycles. The molecule has 63 heavy (non-hydrogen) atoms. The second-order valence-corrected chi connectivity index (χ2v) is 22.5. The average molecular weight is 882 g/mol. The molecule has 0 amide bonds. The normalized spacial score (nSPS) is 26.8. The van der Waals surface area contributed by atoms with Crippen molar-refractivity contribution in [2.45, 2.75) is 346 Å². The fourth-order valence-electron chi connectivity index (χ4n) is 12.1. The molecule has 0 aromatic carbocycles. The van der Waals surface area contributed by atoms with E-state index in [1.54, 1.807) is 0 Å². The highest BCUT2D eigenvalue weighted by molar-refractivity contribution is 5.81. The molecule has 3 heteroatoms. The van der Waals surface area contributed by atoms with E-state index in [2.05, 4.69) is 10.2 Å². The zero-order valence-electron chi connectivity index (χ0n) is 43.2. The summed E-state index contributed by atoms with van der Waals surface area (Å²) in [5.74, 6) is 0.507. The number of rotatable bonds is 1. The van der Waals surface area contributed by atoms with Gasteiger partial charge in [-0.05, 0) is 70.1 Å². The minimum Gasteiger partial charge on any atom is -0.317 e. The molecule has 0 bridgehead atoms. The number of Topliss-reactive ketones (excluding diaryl/α,β-unsaturated/α-hetero) is 1. The van der Waals surface area contributed by atoms with E-state index in [-0.39, 0.29) is 0 Å². The molecule has 1 spiro atoms. The molecular weight excluding hydrogens is 765 g/mol. The van der Waals surface area contributed by atoms with Crippen molar-refractivity contribution in [2.75, 3.05) is 26.2 Å². The fraction of sp³-hybridized carbons (Fsp3) is 0.983. The average Bonchev–Trinajstić information content (AvgIpc) is 3.74. The minimum absolute atomic E-state index is 0.507. The summed E-state index contributed by atoms with van der Waals surface area (Å²) in [6, 6.07) is 0.554. The Morgan fingerprint density at radius 2 is 0.587 bits per heavy atom. The Morgan fingerprint density at radius 1 is 0.317 bits per heavy atom. The molecule has 3 rings (SSSR count). The molecule has 0 aromatic rings. The van der Waals surface area contributed by atoms with E-state index in [0.29, 0.717) is 17.2 Å². The fourth-order valence-corrected chi connectivity index (χ4v) is 12.1. The summed E-state index contributed by atoms with van der Waals surface area (Å²) in [7, 11) is 0. The van der Waals surface area contributed by atoms with Gasteiger partial charge >= 0.3 is 0 Å². The number of hydrogen-bond acceptors (Lipinski definition) is 3. The number of nitrogens with one attached hydrogen (secondary N) is 1. The number of hydrogen-bond donors (Lipinski definition) is 1. The van der Waals surface area contributed by atoms with Crippen molar-refractivity contribution in [3.63, 3.8) is 0 Å². The second-order valence-electron chi connectivity index (χ2n) is 22.5. The molecule has 1 N–H and O–H groups in total. The Hall–Kier alpha value is -0.410. The predicted octanol–water partition coefficient (Wildman–Crippen LogP) is 19.5. The van der Waals surface area contributed by atoms with Crippen LogP contribution in [-0.4, -0.2) is 42.9 Å². The van der Waals surface area contributed by atoms with Crippen LogP contribution in [0.4, 0.5) is 0 Å². The topological polar surface area (TPSA) is 32.3 Å². The van der Waals surface area contributed by atoms with Gasteiger partial charge in [-0.15, -0.1) is 0 Å². The molecule has 3 aliphatic rings. The van der Waals surface area contributed by atoms with Crippen molar-refractivity contribution in [2.24, 2.45) is 5.41 Å². The summed E-state index contributed by atoms with van der Waals surface area (Å²) in [4.78, 5) is 14.7. The van der Waals surface area contributed by atoms with Gasteiger partial charge in [0.15, 0.2) is 0 Å². The molecule has 1 aliphatic carbocycles. The van der Waals surface area contributed by atoms with Crippen molar-refractivity contribution in [3.8, 4) is 0 Å². The number of carbonyl (C=O) groups excluding carboxylic acids is 1. The third kappa shape index (κ3) is 33.7. The van der Waals surface area contributed by atoms with Crippen LogP contribution in [0.2, 0.25) is 0 Å². The quantitative estimate of drug-likeness (QED) is 0.285. The predicted molar refractivity (Wildman–Crippen MR) is 280 cm³/mol. The van der Waals surface area contributed by atoms with E-state index >= 15 is 0 Å². The maximum Gasteiger partial charge on any atom is 0.134 e. The Labute approximate surface area is 397 Å². The summed E-state index contributed by atoms with van der Waals surface area (Å²) in [6.45, 7) is 4.89. The lowest BCUT2D eigenvalue weighted by atomic mass is 9.71. The first kappa shape index (κ1) is 56.9. The van der Waals surface area contributed by atoms with Crippen LogP contribution >= 0.6 is 0 Å². The third-order valence-electron chi connectivity index (χ3n) is 16.7. The lowest BCUT2D eigenvalue weighted by Gasteiger charge is -2.44. The van der Waals surface area contributed by atoms with Crippen molar-refractivity contribution in [3.05, 3.63) is 0 Å². The van der Waals surface area contributed by atoms with Crippen LogP contribution in [0.15, 0.2) is 0 Å². The molecule has 372 valence electrons. The van der Waals surface area contributed by atoms with Gasteiger partial charge in [-0.25, -0.2) is 0 Å². The summed E-state index contributed by atoms with van der Waals surface area (Å²) in [5, 5.41) is 3.90. The molecule has 0 radical (unpaired) electrons. The summed E-state index contributed by atoms with van der Waals surface area (Å²) in [6.07, 6.45) is 76.1. The monoisotopic (exact) mass is 881 g/mol. The van der Waals surface area contributed by atoms with Crippen molar-refractivity contribution in [1.29, 1.82) is 0 Å². The lowest BCUT2D eigenvalue weighted by Crippen LogP contribution is -2.45. The van der Waals surface area contributed by atoms with Crippen LogP contribution in [0, 0.1) is 5.41 Å². The largest absolute Gasteiger partial charge is 0.317 e. The van der Waals surface area contributed by atoms with Gasteiger partial charge in [0, 0.05) is 18.9 Å². The van der Waals surface area contributed by atoms with Crippen molar-refractivity contribution < 1.29 is 4.79 Å². The maximum absolute atomic E-state index is 12.0. The van der Waals surface area contributed by atoms with E-state index in [1.165, 1.54) is 347 Å². The molecule has 2 heterocycles. The van der Waals surface area contributed by atoms with Crippen LogP contribution in [0.3, 0.4) is 0 Å². The van der Waals surface area contributed by atoms with E-state index in [0.717, 1.165) is 19.3 Å². The van der Waals surface area contributed by atoms with Gasteiger partial charge in [0.25, 0.3) is 0 Å². The van der Waals surface area contributed by atoms with Crippen LogP contribution in [0.25, 0.3) is 0 Å². The van der Waals surface area contributed by atoms with Gasteiger partial charge in [-0.2, -0.15) is 0 Å². The Balaban J connectivity index is 1.23. The summed E-state index contributed by atoms with van der Waals surface area (Å²) < 4.78 is 0. The Kier molecular flexibility index (Phi) is 38.8. The van der Waals surface area contributed by atoms with Gasteiger partial charge in [-0.1, -0.05) is 289 Å². The van der Waals surface area contributed by atoms with Crippen LogP contribution < -0.4 is 5.32 Å². The van der Waals surface area contributed by atoms with Gasteiger partial charge in [0.05, 0.1) is 0 Å². The Bertz CT molecular complexity index is 902. The lowest BCUT2D eigenvalue weighted by molar-refractivity contribution is -0.117. The Morgan fingerprint density at radius 3 is 0.857 bits per heavy atom. The molecule has 1 unspecified atom stereocenters. The standard InChI is InChI=1S/C60H116N2O/c63-59-48-47-58(57-59)62-55-51-60(52-56-62)49-45-43-41-39-37-35-33-31-29-27-25-23-21-19-17-15-13-11-9-7-5-3-1-2-4-6-8-10-12-14-16-18-20-22-24-26-28-30-32-34-36-38-40-42-44-46-53-61-54-50-60/h58,61H,1-57H2. The van der Waals surface area contributed by atoms with E-state index in [1.807, 2.05) is 0 Å². The molecule has 1 saturated carbocycles. The van der Waals surface area contributed by atoms with E-state index < -0.39 is 0 Å².